The molecule has 23 heavy (non-hydrogen) atoms. The van der Waals surface area contributed by atoms with E-state index in [0.29, 0.717) is 28.4 Å². The number of carbonyl (C=O) groups is 1. The van der Waals surface area contributed by atoms with E-state index in [1.54, 1.807) is 12.1 Å². The van der Waals surface area contributed by atoms with Crippen LogP contribution in [0.5, 0.6) is 0 Å². The summed E-state index contributed by atoms with van der Waals surface area (Å²) in [4.78, 5) is 12.7. The third kappa shape index (κ3) is 5.47. The minimum atomic E-state index is -2.60. The van der Waals surface area contributed by atoms with Crippen LogP contribution >= 0.6 is 23.5 Å². The second kappa shape index (κ2) is 8.26. The number of nitrogens with one attached hydrogen (secondary N) is 1. The summed E-state index contributed by atoms with van der Waals surface area (Å²) < 4.78 is 49.5. The van der Waals surface area contributed by atoms with E-state index in [0.717, 1.165) is 0 Å². The fourth-order valence-electron chi connectivity index (χ4n) is 1.75. The van der Waals surface area contributed by atoms with Crippen molar-refractivity contribution in [3.05, 3.63) is 54.1 Å². The monoisotopic (exact) mass is 361 g/mol. The minimum Gasteiger partial charge on any atom is -0.321 e. The largest absolute Gasteiger partial charge is 0.321 e. The fourth-order valence-corrected chi connectivity index (χ4v) is 2.84. The molecule has 0 bridgehead atoms. The van der Waals surface area contributed by atoms with Crippen molar-refractivity contribution in [2.45, 2.75) is 21.3 Å². The molecule has 2 aromatic carbocycles. The normalized spacial score (nSPS) is 11.0. The zero-order valence-corrected chi connectivity index (χ0v) is 13.1. The summed E-state index contributed by atoms with van der Waals surface area (Å²) in [5, 5.41) is 2.54. The fraction of sp³-hybridized carbons (Fsp3) is 0.133. The van der Waals surface area contributed by atoms with Gasteiger partial charge in [0.25, 0.3) is 17.4 Å². The van der Waals surface area contributed by atoms with Crippen molar-refractivity contribution >= 4 is 35.1 Å². The number of hydrogen-bond acceptors (Lipinski definition) is 3. The molecular weight excluding hydrogens is 350 g/mol. The second-order valence-electron chi connectivity index (χ2n) is 4.23. The number of amides is 1. The Labute approximate surface area is 138 Å². The van der Waals surface area contributed by atoms with Gasteiger partial charge < -0.3 is 5.32 Å². The molecule has 0 saturated heterocycles. The van der Waals surface area contributed by atoms with Crippen molar-refractivity contribution in [1.29, 1.82) is 0 Å². The molecule has 8 heteroatoms. The second-order valence-corrected chi connectivity index (χ2v) is 6.33. The number of anilines is 1. The average Bonchev–Trinajstić information content (AvgIpc) is 2.49. The quantitative estimate of drug-likeness (QED) is 0.539. The molecule has 2 nitrogen and oxygen atoms in total. The van der Waals surface area contributed by atoms with E-state index >= 15 is 0 Å². The lowest BCUT2D eigenvalue weighted by molar-refractivity contribution is 0.102. The third-order valence-corrected chi connectivity index (χ3v) is 4.20. The molecule has 0 atom stereocenters. The first-order valence-corrected chi connectivity index (χ1v) is 8.11. The maximum Gasteiger partial charge on any atom is 0.288 e. The maximum atomic E-state index is 12.5. The number of alkyl halides is 4. The van der Waals surface area contributed by atoms with Crippen LogP contribution in [0.2, 0.25) is 0 Å². The molecule has 0 unspecified atom stereocenters. The molecule has 0 heterocycles. The molecule has 0 aromatic heterocycles. The third-order valence-electron chi connectivity index (χ3n) is 2.69. The van der Waals surface area contributed by atoms with Crippen LogP contribution < -0.4 is 5.32 Å². The van der Waals surface area contributed by atoms with Crippen LogP contribution in [0.15, 0.2) is 58.3 Å². The van der Waals surface area contributed by atoms with E-state index in [9.17, 15) is 22.4 Å². The molecular formula is C15H11F4NOS2. The SMILES string of the molecule is O=C(Nc1ccccc1SC(F)F)c1ccc(SC(F)F)cc1. The van der Waals surface area contributed by atoms with Crippen LogP contribution in [0, 0.1) is 0 Å². The van der Waals surface area contributed by atoms with Crippen molar-refractivity contribution < 1.29 is 22.4 Å². The highest BCUT2D eigenvalue weighted by Gasteiger charge is 2.13. The van der Waals surface area contributed by atoms with Crippen LogP contribution in [-0.4, -0.2) is 17.4 Å². The number of halogens is 4. The highest BCUT2D eigenvalue weighted by molar-refractivity contribution is 7.99. The smallest absolute Gasteiger partial charge is 0.288 e. The Morgan fingerprint density at radius 1 is 0.870 bits per heavy atom. The van der Waals surface area contributed by atoms with Crippen LogP contribution in [0.4, 0.5) is 23.2 Å². The van der Waals surface area contributed by atoms with Crippen molar-refractivity contribution in [1.82, 2.24) is 0 Å². The number of para-hydroxylation sites is 1. The maximum absolute atomic E-state index is 12.5. The van der Waals surface area contributed by atoms with Crippen LogP contribution in [0.3, 0.4) is 0 Å². The van der Waals surface area contributed by atoms with Gasteiger partial charge in [-0.15, -0.1) is 0 Å². The van der Waals surface area contributed by atoms with Crippen LogP contribution in [0.1, 0.15) is 10.4 Å². The Bertz CT molecular complexity index is 665. The predicted octanol–water partition coefficient (Wildman–Crippen LogP) is 5.57. The van der Waals surface area contributed by atoms with Crippen molar-refractivity contribution in [3.8, 4) is 0 Å². The lowest BCUT2D eigenvalue weighted by atomic mass is 10.2. The van der Waals surface area contributed by atoms with Crippen LogP contribution in [0.25, 0.3) is 0 Å². The molecule has 0 spiro atoms. The standard InChI is InChI=1S/C15H11F4NOS2/c16-14(17)22-10-7-5-9(6-8-10)13(21)20-11-3-1-2-4-12(11)23-15(18)19/h1-8,14-15H,(H,20,21). The van der Waals surface area contributed by atoms with Gasteiger partial charge in [-0.05, 0) is 36.4 Å². The lowest BCUT2D eigenvalue weighted by Gasteiger charge is -2.10. The van der Waals surface area contributed by atoms with Crippen molar-refractivity contribution in [2.75, 3.05) is 5.32 Å². The van der Waals surface area contributed by atoms with Gasteiger partial charge in [0.1, 0.15) is 0 Å². The molecule has 2 aromatic rings. The number of hydrogen-bond donors (Lipinski definition) is 1. The van der Waals surface area contributed by atoms with Crippen molar-refractivity contribution in [2.24, 2.45) is 0 Å². The van der Waals surface area contributed by atoms with Gasteiger partial charge in [0.05, 0.1) is 5.69 Å². The molecule has 1 amide bonds. The zero-order chi connectivity index (χ0) is 16.8. The first-order chi connectivity index (χ1) is 11.0. The van der Waals surface area contributed by atoms with Gasteiger partial charge in [-0.2, -0.15) is 17.6 Å². The summed E-state index contributed by atoms with van der Waals surface area (Å²) >= 11 is 0.717. The van der Waals surface area contributed by atoms with Gasteiger partial charge in [-0.3, -0.25) is 4.79 Å². The van der Waals surface area contributed by atoms with E-state index in [2.05, 4.69) is 5.32 Å². The van der Waals surface area contributed by atoms with E-state index < -0.39 is 17.4 Å². The Morgan fingerprint density at radius 2 is 1.48 bits per heavy atom. The van der Waals surface area contributed by atoms with Gasteiger partial charge in [0.2, 0.25) is 0 Å². The number of benzene rings is 2. The first-order valence-electron chi connectivity index (χ1n) is 6.36. The molecule has 0 fully saturated rings. The van der Waals surface area contributed by atoms with E-state index in [-0.39, 0.29) is 16.1 Å². The van der Waals surface area contributed by atoms with Crippen LogP contribution in [-0.2, 0) is 0 Å². The highest BCUT2D eigenvalue weighted by Crippen LogP contribution is 2.32. The Hall–Kier alpha value is -1.67. The molecule has 1 N–H and O–H groups in total. The number of rotatable bonds is 6. The molecule has 0 radical (unpaired) electrons. The Kier molecular flexibility index (Phi) is 6.35. The van der Waals surface area contributed by atoms with Crippen molar-refractivity contribution in [3.63, 3.8) is 0 Å². The molecule has 0 aliphatic heterocycles. The highest BCUT2D eigenvalue weighted by atomic mass is 32.2. The molecule has 0 aliphatic carbocycles. The van der Waals surface area contributed by atoms with E-state index in [4.69, 9.17) is 0 Å². The average molecular weight is 361 g/mol. The summed E-state index contributed by atoms with van der Waals surface area (Å²) in [7, 11) is 0. The summed E-state index contributed by atoms with van der Waals surface area (Å²) in [6.07, 6.45) is 0. The van der Waals surface area contributed by atoms with E-state index in [1.165, 1.54) is 36.4 Å². The van der Waals surface area contributed by atoms with Gasteiger partial charge in [0, 0.05) is 15.4 Å². The summed E-state index contributed by atoms with van der Waals surface area (Å²) in [5.41, 5.74) is 0.522. The Morgan fingerprint density at radius 3 is 2.09 bits per heavy atom. The minimum absolute atomic E-state index is 0.250. The van der Waals surface area contributed by atoms with E-state index in [1.807, 2.05) is 0 Å². The Balaban J connectivity index is 2.10. The topological polar surface area (TPSA) is 29.1 Å². The van der Waals surface area contributed by atoms with Gasteiger partial charge in [0.15, 0.2) is 0 Å². The number of carbonyl (C=O) groups excluding carboxylic acids is 1. The van der Waals surface area contributed by atoms with Gasteiger partial charge in [-0.1, -0.05) is 35.7 Å². The zero-order valence-electron chi connectivity index (χ0n) is 11.5. The summed E-state index contributed by atoms with van der Waals surface area (Å²) in [6.45, 7) is 0. The predicted molar refractivity (Wildman–Crippen MR) is 84.6 cm³/mol. The first kappa shape index (κ1) is 17.7. The van der Waals surface area contributed by atoms with Gasteiger partial charge >= 0.3 is 0 Å². The lowest BCUT2D eigenvalue weighted by Crippen LogP contribution is -2.12. The molecule has 2 rings (SSSR count). The summed E-state index contributed by atoms with van der Waals surface area (Å²) in [5.74, 6) is -5.63. The van der Waals surface area contributed by atoms with Gasteiger partial charge in [-0.25, -0.2) is 0 Å². The molecule has 0 aliphatic rings. The molecule has 122 valence electrons. The number of thioether (sulfide) groups is 2. The summed E-state index contributed by atoms with van der Waals surface area (Å²) in [6, 6.07) is 11.8. The molecule has 0 saturated carbocycles.